The SMILES string of the molecule is Cc1ccccc1C(C)Nc1nc(N)ncc1[N+](=O)[O-]. The number of nitrogens with two attached hydrogens (primary N) is 1. The average molecular weight is 273 g/mol. The van der Waals surface area contributed by atoms with Crippen molar-refractivity contribution in [3.8, 4) is 0 Å². The minimum Gasteiger partial charge on any atom is -0.368 e. The lowest BCUT2D eigenvalue weighted by molar-refractivity contribution is -0.384. The maximum absolute atomic E-state index is 11.0. The molecule has 1 aromatic carbocycles. The van der Waals surface area contributed by atoms with Gasteiger partial charge in [0.2, 0.25) is 11.8 Å². The molecule has 1 aromatic heterocycles. The van der Waals surface area contributed by atoms with Crippen molar-refractivity contribution >= 4 is 17.5 Å². The normalized spacial score (nSPS) is 11.9. The van der Waals surface area contributed by atoms with Crippen LogP contribution in [0.1, 0.15) is 24.1 Å². The topological polar surface area (TPSA) is 107 Å². The quantitative estimate of drug-likeness (QED) is 0.654. The van der Waals surface area contributed by atoms with Gasteiger partial charge >= 0.3 is 5.69 Å². The molecule has 104 valence electrons. The molecule has 0 aliphatic rings. The van der Waals surface area contributed by atoms with Crippen molar-refractivity contribution in [2.45, 2.75) is 19.9 Å². The summed E-state index contributed by atoms with van der Waals surface area (Å²) in [5.74, 6) is 0.119. The van der Waals surface area contributed by atoms with Crippen LogP contribution in [0.25, 0.3) is 0 Å². The van der Waals surface area contributed by atoms with Gasteiger partial charge in [-0.1, -0.05) is 24.3 Å². The van der Waals surface area contributed by atoms with Crippen molar-refractivity contribution in [2.24, 2.45) is 0 Å². The van der Waals surface area contributed by atoms with Crippen LogP contribution in [0.5, 0.6) is 0 Å². The highest BCUT2D eigenvalue weighted by molar-refractivity contribution is 5.57. The molecule has 2 rings (SSSR count). The predicted octanol–water partition coefficient (Wildman–Crippen LogP) is 2.45. The minimum atomic E-state index is -0.535. The number of hydrogen-bond donors (Lipinski definition) is 2. The van der Waals surface area contributed by atoms with Crippen molar-refractivity contribution in [3.63, 3.8) is 0 Å². The average Bonchev–Trinajstić information content (AvgIpc) is 2.38. The molecule has 7 nitrogen and oxygen atoms in total. The lowest BCUT2D eigenvalue weighted by Gasteiger charge is -2.17. The van der Waals surface area contributed by atoms with Crippen LogP contribution < -0.4 is 11.1 Å². The van der Waals surface area contributed by atoms with Crippen LogP contribution in [0.2, 0.25) is 0 Å². The monoisotopic (exact) mass is 273 g/mol. The van der Waals surface area contributed by atoms with Gasteiger partial charge in [-0.25, -0.2) is 4.98 Å². The summed E-state index contributed by atoms with van der Waals surface area (Å²) < 4.78 is 0. The Bertz CT molecular complexity index is 644. The Labute approximate surface area is 116 Å². The zero-order valence-electron chi connectivity index (χ0n) is 11.2. The highest BCUT2D eigenvalue weighted by atomic mass is 16.6. The molecule has 0 radical (unpaired) electrons. The van der Waals surface area contributed by atoms with E-state index in [-0.39, 0.29) is 23.5 Å². The third-order valence-electron chi connectivity index (χ3n) is 2.99. The summed E-state index contributed by atoms with van der Waals surface area (Å²) in [7, 11) is 0. The van der Waals surface area contributed by atoms with Crippen LogP contribution in [-0.4, -0.2) is 14.9 Å². The largest absolute Gasteiger partial charge is 0.368 e. The Morgan fingerprint density at radius 2 is 2.10 bits per heavy atom. The molecule has 0 saturated heterocycles. The molecule has 0 bridgehead atoms. The maximum atomic E-state index is 11.0. The van der Waals surface area contributed by atoms with Crippen LogP contribution in [0.15, 0.2) is 30.5 Å². The van der Waals surface area contributed by atoms with E-state index in [2.05, 4.69) is 15.3 Å². The number of nitrogens with one attached hydrogen (secondary N) is 1. The molecule has 1 atom stereocenters. The van der Waals surface area contributed by atoms with Crippen molar-refractivity contribution < 1.29 is 4.92 Å². The number of hydrogen-bond acceptors (Lipinski definition) is 6. The molecular formula is C13H15N5O2. The number of nitrogens with zero attached hydrogens (tertiary/aromatic N) is 3. The van der Waals surface area contributed by atoms with E-state index in [1.807, 2.05) is 38.1 Å². The summed E-state index contributed by atoms with van der Waals surface area (Å²) in [5.41, 5.74) is 7.43. The molecular weight excluding hydrogens is 258 g/mol. The van der Waals surface area contributed by atoms with Gasteiger partial charge in [0.1, 0.15) is 6.20 Å². The third kappa shape index (κ3) is 2.82. The van der Waals surface area contributed by atoms with E-state index in [0.29, 0.717) is 0 Å². The fourth-order valence-electron chi connectivity index (χ4n) is 1.98. The van der Waals surface area contributed by atoms with E-state index in [0.717, 1.165) is 17.3 Å². The molecule has 1 heterocycles. The van der Waals surface area contributed by atoms with Gasteiger partial charge in [-0.05, 0) is 25.0 Å². The molecule has 0 amide bonds. The maximum Gasteiger partial charge on any atom is 0.329 e. The van der Waals surface area contributed by atoms with Gasteiger partial charge in [-0.3, -0.25) is 10.1 Å². The number of nitro groups is 1. The van der Waals surface area contributed by atoms with Crippen LogP contribution in [0.4, 0.5) is 17.5 Å². The van der Waals surface area contributed by atoms with E-state index < -0.39 is 4.92 Å². The molecule has 3 N–H and O–H groups in total. The molecule has 0 saturated carbocycles. The number of nitrogen functional groups attached to an aromatic ring is 1. The van der Waals surface area contributed by atoms with Gasteiger partial charge in [0, 0.05) is 0 Å². The number of aryl methyl sites for hydroxylation is 1. The summed E-state index contributed by atoms with van der Waals surface area (Å²) in [6, 6.07) is 7.67. The summed E-state index contributed by atoms with van der Waals surface area (Å²) in [5, 5.41) is 14.0. The predicted molar refractivity (Wildman–Crippen MR) is 76.3 cm³/mol. The first-order chi connectivity index (χ1) is 9.49. The van der Waals surface area contributed by atoms with Crippen LogP contribution in [0.3, 0.4) is 0 Å². The first-order valence-corrected chi connectivity index (χ1v) is 6.08. The Balaban J connectivity index is 2.32. The van der Waals surface area contributed by atoms with E-state index >= 15 is 0 Å². The van der Waals surface area contributed by atoms with Gasteiger partial charge in [0.15, 0.2) is 0 Å². The molecule has 7 heteroatoms. The number of benzene rings is 1. The Hall–Kier alpha value is -2.70. The Morgan fingerprint density at radius 1 is 1.40 bits per heavy atom. The Morgan fingerprint density at radius 3 is 2.75 bits per heavy atom. The van der Waals surface area contributed by atoms with Gasteiger partial charge in [0.05, 0.1) is 11.0 Å². The van der Waals surface area contributed by atoms with Crippen molar-refractivity contribution in [3.05, 3.63) is 51.7 Å². The number of rotatable bonds is 4. The summed E-state index contributed by atoms with van der Waals surface area (Å²) in [4.78, 5) is 18.0. The van der Waals surface area contributed by atoms with Crippen molar-refractivity contribution in [1.82, 2.24) is 9.97 Å². The second-order valence-corrected chi connectivity index (χ2v) is 4.44. The lowest BCUT2D eigenvalue weighted by atomic mass is 10.0. The second-order valence-electron chi connectivity index (χ2n) is 4.44. The number of aromatic nitrogens is 2. The fraction of sp³-hybridized carbons (Fsp3) is 0.231. The van der Waals surface area contributed by atoms with Gasteiger partial charge < -0.3 is 11.1 Å². The van der Waals surface area contributed by atoms with Crippen molar-refractivity contribution in [2.75, 3.05) is 11.1 Å². The van der Waals surface area contributed by atoms with Gasteiger partial charge in [0.25, 0.3) is 0 Å². The second kappa shape index (κ2) is 5.52. The molecule has 0 spiro atoms. The molecule has 0 aliphatic carbocycles. The first-order valence-electron chi connectivity index (χ1n) is 6.08. The van der Waals surface area contributed by atoms with Crippen LogP contribution in [-0.2, 0) is 0 Å². The highest BCUT2D eigenvalue weighted by Gasteiger charge is 2.19. The summed E-state index contributed by atoms with van der Waals surface area (Å²) >= 11 is 0. The molecule has 0 aliphatic heterocycles. The number of anilines is 2. The van der Waals surface area contributed by atoms with E-state index in [1.165, 1.54) is 0 Å². The lowest BCUT2D eigenvalue weighted by Crippen LogP contribution is -2.12. The van der Waals surface area contributed by atoms with Crippen LogP contribution in [0, 0.1) is 17.0 Å². The van der Waals surface area contributed by atoms with Crippen LogP contribution >= 0.6 is 0 Å². The molecule has 0 fully saturated rings. The zero-order chi connectivity index (χ0) is 14.7. The third-order valence-corrected chi connectivity index (χ3v) is 2.99. The molecule has 20 heavy (non-hydrogen) atoms. The zero-order valence-corrected chi connectivity index (χ0v) is 11.2. The molecule has 1 unspecified atom stereocenters. The van der Waals surface area contributed by atoms with Gasteiger partial charge in [-0.15, -0.1) is 0 Å². The Kier molecular flexibility index (Phi) is 3.79. The van der Waals surface area contributed by atoms with E-state index in [9.17, 15) is 10.1 Å². The van der Waals surface area contributed by atoms with Crippen molar-refractivity contribution in [1.29, 1.82) is 0 Å². The molecule has 2 aromatic rings. The summed E-state index contributed by atoms with van der Waals surface area (Å²) in [6.07, 6.45) is 1.11. The van der Waals surface area contributed by atoms with Gasteiger partial charge in [-0.2, -0.15) is 4.98 Å². The first kappa shape index (κ1) is 13.7. The fourth-order valence-corrected chi connectivity index (χ4v) is 1.98. The van der Waals surface area contributed by atoms with E-state index in [4.69, 9.17) is 5.73 Å². The smallest absolute Gasteiger partial charge is 0.329 e. The minimum absolute atomic E-state index is 0.00455. The standard InChI is InChI=1S/C13H15N5O2/c1-8-5-3-4-6-10(8)9(2)16-12-11(18(19)20)7-15-13(14)17-12/h3-7,9H,1-2H3,(H3,14,15,16,17). The highest BCUT2D eigenvalue weighted by Crippen LogP contribution is 2.27. The van der Waals surface area contributed by atoms with E-state index in [1.54, 1.807) is 0 Å². The summed E-state index contributed by atoms with van der Waals surface area (Å²) in [6.45, 7) is 3.89.